The van der Waals surface area contributed by atoms with Crippen LogP contribution in [0.15, 0.2) is 70.2 Å². The number of hydrogen-bond donors (Lipinski definition) is 2. The summed E-state index contributed by atoms with van der Waals surface area (Å²) in [6.07, 6.45) is 0. The van der Waals surface area contributed by atoms with Gasteiger partial charge in [-0.15, -0.1) is 5.10 Å². The molecule has 0 atom stereocenters. The fourth-order valence-corrected chi connectivity index (χ4v) is 2.14. The maximum atomic E-state index is 11.8. The average Bonchev–Trinajstić information content (AvgIpc) is 2.64. The Balaban J connectivity index is 1.79. The number of para-hydroxylation sites is 2. The molecule has 0 aliphatic heterocycles. The number of benzene rings is 2. The zero-order chi connectivity index (χ0) is 17.6. The van der Waals surface area contributed by atoms with Crippen molar-refractivity contribution in [1.29, 1.82) is 0 Å². The summed E-state index contributed by atoms with van der Waals surface area (Å²) in [7, 11) is 0. The highest BCUT2D eigenvalue weighted by atomic mass is 16.5. The lowest BCUT2D eigenvalue weighted by molar-refractivity contribution is -0.123. The van der Waals surface area contributed by atoms with Gasteiger partial charge in [0.1, 0.15) is 16.9 Å². The number of amides is 2. The van der Waals surface area contributed by atoms with Crippen LogP contribution in [0.5, 0.6) is 5.75 Å². The van der Waals surface area contributed by atoms with Crippen molar-refractivity contribution < 1.29 is 18.7 Å². The monoisotopic (exact) mass is 337 g/mol. The fourth-order valence-electron chi connectivity index (χ4n) is 2.14. The smallest absolute Gasteiger partial charge is 0.278 e. The molecule has 0 fully saturated rings. The minimum absolute atomic E-state index is 0.0701. The summed E-state index contributed by atoms with van der Waals surface area (Å²) < 4.78 is 10.9. The topological polar surface area (TPSA) is 107 Å². The lowest BCUT2D eigenvalue weighted by Crippen LogP contribution is -2.29. The van der Waals surface area contributed by atoms with E-state index in [4.69, 9.17) is 14.9 Å². The van der Waals surface area contributed by atoms with Crippen LogP contribution in [-0.4, -0.2) is 18.4 Å². The number of nitrogens with one attached hydrogen (secondary N) is 1. The predicted molar refractivity (Wildman–Crippen MR) is 90.4 cm³/mol. The molecule has 2 aromatic carbocycles. The summed E-state index contributed by atoms with van der Waals surface area (Å²) in [6.45, 7) is -0.229. The zero-order valence-corrected chi connectivity index (χ0v) is 13.1. The van der Waals surface area contributed by atoms with Gasteiger partial charge < -0.3 is 14.9 Å². The number of nitrogens with two attached hydrogens (primary N) is 1. The van der Waals surface area contributed by atoms with E-state index in [2.05, 4.69) is 10.5 Å². The molecule has 7 nitrogen and oxygen atoms in total. The Morgan fingerprint density at radius 1 is 1.08 bits per heavy atom. The molecule has 0 saturated heterocycles. The van der Waals surface area contributed by atoms with Crippen LogP contribution >= 0.6 is 0 Å². The summed E-state index contributed by atoms with van der Waals surface area (Å²) in [5, 5.41) is 4.55. The molecule has 2 amide bonds. The van der Waals surface area contributed by atoms with Crippen LogP contribution in [0.3, 0.4) is 0 Å². The minimum Gasteiger partial charge on any atom is -0.484 e. The summed E-state index contributed by atoms with van der Waals surface area (Å²) in [6, 6.07) is 17.5. The van der Waals surface area contributed by atoms with Gasteiger partial charge >= 0.3 is 0 Å². The van der Waals surface area contributed by atoms with Gasteiger partial charge in [0.2, 0.25) is 5.55 Å². The number of nitrogens with zero attached hydrogens (tertiary/aromatic N) is 1. The van der Waals surface area contributed by atoms with Crippen molar-refractivity contribution in [3.63, 3.8) is 0 Å². The molecule has 0 saturated carbocycles. The molecule has 1 aromatic heterocycles. The van der Waals surface area contributed by atoms with Gasteiger partial charge in [-0.05, 0) is 24.3 Å². The zero-order valence-electron chi connectivity index (χ0n) is 13.1. The van der Waals surface area contributed by atoms with Gasteiger partial charge in [-0.1, -0.05) is 36.4 Å². The first kappa shape index (κ1) is 16.3. The van der Waals surface area contributed by atoms with Crippen LogP contribution in [0, 0.1) is 0 Å². The molecular weight excluding hydrogens is 322 g/mol. The molecular formula is C18H15N3O4. The Morgan fingerprint density at radius 3 is 2.56 bits per heavy atom. The molecule has 25 heavy (non-hydrogen) atoms. The van der Waals surface area contributed by atoms with E-state index in [-0.39, 0.29) is 17.7 Å². The van der Waals surface area contributed by atoms with Gasteiger partial charge in [0, 0.05) is 5.39 Å². The number of carbonyl (C=O) groups excluding carboxylic acids is 2. The van der Waals surface area contributed by atoms with Gasteiger partial charge in [0.25, 0.3) is 11.8 Å². The van der Waals surface area contributed by atoms with E-state index in [0.29, 0.717) is 16.7 Å². The molecule has 0 unspecified atom stereocenters. The molecule has 1 heterocycles. The van der Waals surface area contributed by atoms with E-state index < -0.39 is 11.8 Å². The molecule has 3 aromatic rings. The molecule has 0 aliphatic rings. The average molecular weight is 337 g/mol. The minimum atomic E-state index is -0.706. The Bertz CT molecular complexity index is 980. The standard InChI is InChI=1S/C18H15N3O4/c19-17(23)14-10-12-6-4-5-9-15(12)25-18(14)21-20-16(22)11-24-13-7-2-1-3-8-13/h1-10H,11H2,(H2,19,23)(H,20,22)/b21-18-. The van der Waals surface area contributed by atoms with Gasteiger partial charge in [-0.2, -0.15) is 0 Å². The summed E-state index contributed by atoms with van der Waals surface area (Å²) in [5.41, 5.74) is 8.16. The Morgan fingerprint density at radius 2 is 1.80 bits per heavy atom. The van der Waals surface area contributed by atoms with Gasteiger partial charge in [-0.3, -0.25) is 9.59 Å². The van der Waals surface area contributed by atoms with Crippen LogP contribution < -0.4 is 21.5 Å². The first-order valence-electron chi connectivity index (χ1n) is 7.46. The van der Waals surface area contributed by atoms with Crippen molar-refractivity contribution in [2.24, 2.45) is 10.8 Å². The van der Waals surface area contributed by atoms with E-state index in [0.717, 1.165) is 0 Å². The number of hydrogen-bond acceptors (Lipinski definition) is 5. The maximum absolute atomic E-state index is 11.8. The SMILES string of the molecule is NC(=O)c1cc2ccccc2o/c1=N\NC(=O)COc1ccccc1. The first-order chi connectivity index (χ1) is 12.1. The molecule has 3 N–H and O–H groups in total. The second-order valence-corrected chi connectivity index (χ2v) is 5.12. The number of fused-ring (bicyclic) bond motifs is 1. The maximum Gasteiger partial charge on any atom is 0.278 e. The second-order valence-electron chi connectivity index (χ2n) is 5.12. The van der Waals surface area contributed by atoms with Crippen molar-refractivity contribution in [2.45, 2.75) is 0 Å². The number of primary amides is 1. The van der Waals surface area contributed by atoms with E-state index in [1.807, 2.05) is 12.1 Å². The third-order valence-electron chi connectivity index (χ3n) is 3.32. The molecule has 126 valence electrons. The second kappa shape index (κ2) is 7.31. The van der Waals surface area contributed by atoms with Crippen molar-refractivity contribution in [2.75, 3.05) is 6.61 Å². The summed E-state index contributed by atoms with van der Waals surface area (Å²) in [5.74, 6) is -0.642. The van der Waals surface area contributed by atoms with E-state index >= 15 is 0 Å². The number of rotatable bonds is 5. The molecule has 0 aliphatic carbocycles. The lowest BCUT2D eigenvalue weighted by Gasteiger charge is -2.05. The molecule has 0 spiro atoms. The largest absolute Gasteiger partial charge is 0.484 e. The Hall–Kier alpha value is -3.61. The first-order valence-corrected chi connectivity index (χ1v) is 7.46. The van der Waals surface area contributed by atoms with Crippen LogP contribution in [-0.2, 0) is 4.79 Å². The van der Waals surface area contributed by atoms with E-state index in [1.54, 1.807) is 48.5 Å². The van der Waals surface area contributed by atoms with Crippen molar-refractivity contribution in [1.82, 2.24) is 5.43 Å². The van der Waals surface area contributed by atoms with E-state index in [9.17, 15) is 9.59 Å². The van der Waals surface area contributed by atoms with Crippen molar-refractivity contribution >= 4 is 22.8 Å². The van der Waals surface area contributed by atoms with Crippen LogP contribution in [0.4, 0.5) is 0 Å². The summed E-state index contributed by atoms with van der Waals surface area (Å²) >= 11 is 0. The van der Waals surface area contributed by atoms with Crippen LogP contribution in [0.2, 0.25) is 0 Å². The summed E-state index contributed by atoms with van der Waals surface area (Å²) in [4.78, 5) is 23.4. The van der Waals surface area contributed by atoms with Gasteiger partial charge in [0.15, 0.2) is 6.61 Å². The van der Waals surface area contributed by atoms with Gasteiger partial charge in [0.05, 0.1) is 0 Å². The third-order valence-corrected chi connectivity index (χ3v) is 3.32. The third kappa shape index (κ3) is 4.03. The fraction of sp³-hybridized carbons (Fsp3) is 0.0556. The molecule has 7 heteroatoms. The normalized spacial score (nSPS) is 11.3. The highest BCUT2D eigenvalue weighted by molar-refractivity contribution is 5.95. The van der Waals surface area contributed by atoms with E-state index in [1.165, 1.54) is 0 Å². The molecule has 0 bridgehead atoms. The number of ether oxygens (including phenoxy) is 1. The quantitative estimate of drug-likeness (QED) is 0.689. The van der Waals surface area contributed by atoms with Crippen LogP contribution in [0.1, 0.15) is 10.4 Å². The highest BCUT2D eigenvalue weighted by Crippen LogP contribution is 2.12. The van der Waals surface area contributed by atoms with Crippen molar-refractivity contribution in [3.8, 4) is 5.75 Å². The molecule has 0 radical (unpaired) electrons. The lowest BCUT2D eigenvalue weighted by atomic mass is 10.2. The van der Waals surface area contributed by atoms with Crippen LogP contribution in [0.25, 0.3) is 11.0 Å². The predicted octanol–water partition coefficient (Wildman–Crippen LogP) is 1.54. The number of carbonyl (C=O) groups is 2. The Labute approximate surface area is 142 Å². The Kier molecular flexibility index (Phi) is 4.75. The molecule has 3 rings (SSSR count). The highest BCUT2D eigenvalue weighted by Gasteiger charge is 2.09. The van der Waals surface area contributed by atoms with Crippen molar-refractivity contribution in [3.05, 3.63) is 71.8 Å². The van der Waals surface area contributed by atoms with Gasteiger partial charge in [-0.25, -0.2) is 5.43 Å².